The molecule has 0 unspecified atom stereocenters. The Morgan fingerprint density at radius 1 is 0.950 bits per heavy atom. The fourth-order valence-corrected chi connectivity index (χ4v) is 2.78. The van der Waals surface area contributed by atoms with E-state index < -0.39 is 0 Å². The van der Waals surface area contributed by atoms with Crippen molar-refractivity contribution in [1.82, 2.24) is 0 Å². The molecule has 1 nitrogen and oxygen atoms in total. The molecule has 0 bridgehead atoms. The average Bonchev–Trinajstić information content (AvgIpc) is 2.39. The number of hydrogen-bond acceptors (Lipinski definition) is 1. The van der Waals surface area contributed by atoms with Crippen LogP contribution in [0.4, 0.5) is 14.5 Å². The molecule has 0 spiro atoms. The summed E-state index contributed by atoms with van der Waals surface area (Å²) in [6.07, 6.45) is 1.77. The first-order chi connectivity index (χ1) is 9.65. The van der Waals surface area contributed by atoms with Crippen molar-refractivity contribution < 1.29 is 8.78 Å². The first-order valence-corrected chi connectivity index (χ1v) is 6.91. The quantitative estimate of drug-likeness (QED) is 0.859. The van der Waals surface area contributed by atoms with Crippen LogP contribution in [-0.2, 0) is 0 Å². The summed E-state index contributed by atoms with van der Waals surface area (Å²) in [5.74, 6) is -0.0552. The molecule has 0 amide bonds. The lowest BCUT2D eigenvalue weighted by atomic mass is 9.75. The summed E-state index contributed by atoms with van der Waals surface area (Å²) >= 11 is 0. The lowest BCUT2D eigenvalue weighted by Gasteiger charge is -2.37. The lowest BCUT2D eigenvalue weighted by Crippen LogP contribution is -2.34. The highest BCUT2D eigenvalue weighted by Gasteiger charge is 2.32. The van der Waals surface area contributed by atoms with Crippen molar-refractivity contribution in [2.24, 2.45) is 0 Å². The van der Waals surface area contributed by atoms with Gasteiger partial charge in [0, 0.05) is 17.3 Å². The molecule has 3 heteroatoms. The second-order valence-corrected chi connectivity index (χ2v) is 5.44. The van der Waals surface area contributed by atoms with Gasteiger partial charge in [-0.3, -0.25) is 0 Å². The van der Waals surface area contributed by atoms with E-state index in [4.69, 9.17) is 0 Å². The Morgan fingerprint density at radius 2 is 1.65 bits per heavy atom. The van der Waals surface area contributed by atoms with E-state index in [1.54, 1.807) is 19.1 Å². The van der Waals surface area contributed by atoms with Gasteiger partial charge in [0.15, 0.2) is 0 Å². The van der Waals surface area contributed by atoms with Crippen LogP contribution in [0.3, 0.4) is 0 Å². The van der Waals surface area contributed by atoms with Gasteiger partial charge in [-0.05, 0) is 49.4 Å². The Kier molecular flexibility index (Phi) is 3.43. The fraction of sp³-hybridized carbons (Fsp3) is 0.294. The Morgan fingerprint density at radius 3 is 2.40 bits per heavy atom. The Labute approximate surface area is 117 Å². The Balaban J connectivity index is 1.64. The lowest BCUT2D eigenvalue weighted by molar-refractivity contribution is 0.363. The second kappa shape index (κ2) is 5.23. The molecular weight excluding hydrogens is 256 g/mol. The molecule has 104 valence electrons. The number of nitrogens with one attached hydrogen (secondary N) is 1. The highest BCUT2D eigenvalue weighted by atomic mass is 19.1. The fourth-order valence-electron chi connectivity index (χ4n) is 2.78. The minimum Gasteiger partial charge on any atom is -0.382 e. The van der Waals surface area contributed by atoms with E-state index in [0.717, 1.165) is 24.1 Å². The zero-order chi connectivity index (χ0) is 14.1. The van der Waals surface area contributed by atoms with Crippen molar-refractivity contribution in [2.45, 2.75) is 31.7 Å². The van der Waals surface area contributed by atoms with Crippen LogP contribution in [0, 0.1) is 18.6 Å². The molecule has 1 aliphatic carbocycles. The molecule has 2 aromatic rings. The van der Waals surface area contributed by atoms with Gasteiger partial charge in [0.1, 0.15) is 11.6 Å². The van der Waals surface area contributed by atoms with E-state index in [0.29, 0.717) is 11.6 Å². The molecule has 0 saturated heterocycles. The third-order valence-electron chi connectivity index (χ3n) is 4.11. The van der Waals surface area contributed by atoms with Crippen molar-refractivity contribution in [1.29, 1.82) is 0 Å². The van der Waals surface area contributed by atoms with Gasteiger partial charge in [-0.1, -0.05) is 24.3 Å². The predicted octanol–water partition coefficient (Wildman–Crippen LogP) is 4.63. The van der Waals surface area contributed by atoms with Crippen LogP contribution in [0.25, 0.3) is 0 Å². The Bertz CT molecular complexity index is 618. The third kappa shape index (κ3) is 2.40. The summed E-state index contributed by atoms with van der Waals surface area (Å²) in [7, 11) is 0. The molecule has 0 radical (unpaired) electrons. The van der Waals surface area contributed by atoms with Crippen LogP contribution in [-0.4, -0.2) is 6.04 Å². The molecule has 3 rings (SSSR count). The monoisotopic (exact) mass is 273 g/mol. The minimum atomic E-state index is -0.194. The van der Waals surface area contributed by atoms with Crippen LogP contribution in [0.15, 0.2) is 42.5 Å². The average molecular weight is 273 g/mol. The van der Waals surface area contributed by atoms with Gasteiger partial charge < -0.3 is 5.32 Å². The largest absolute Gasteiger partial charge is 0.382 e. The maximum absolute atomic E-state index is 13.7. The first-order valence-electron chi connectivity index (χ1n) is 6.91. The number of halogens is 2. The van der Waals surface area contributed by atoms with E-state index in [9.17, 15) is 8.78 Å². The molecular formula is C17H17F2N. The van der Waals surface area contributed by atoms with Crippen LogP contribution in [0.1, 0.15) is 29.9 Å². The number of benzene rings is 2. The molecule has 0 atom stereocenters. The van der Waals surface area contributed by atoms with Gasteiger partial charge >= 0.3 is 0 Å². The molecule has 0 aliphatic heterocycles. The third-order valence-corrected chi connectivity index (χ3v) is 4.11. The van der Waals surface area contributed by atoms with E-state index in [2.05, 4.69) is 5.32 Å². The Hall–Kier alpha value is -1.90. The van der Waals surface area contributed by atoms with Crippen molar-refractivity contribution in [3.63, 3.8) is 0 Å². The summed E-state index contributed by atoms with van der Waals surface area (Å²) in [6, 6.07) is 12.3. The SMILES string of the molecule is Cc1c(F)cccc1NC1CC(c2ccccc2F)C1. The maximum atomic E-state index is 13.7. The summed E-state index contributed by atoms with van der Waals surface area (Å²) in [5.41, 5.74) is 2.27. The predicted molar refractivity (Wildman–Crippen MR) is 76.9 cm³/mol. The smallest absolute Gasteiger partial charge is 0.128 e. The van der Waals surface area contributed by atoms with E-state index >= 15 is 0 Å². The molecule has 1 N–H and O–H groups in total. The van der Waals surface area contributed by atoms with Gasteiger partial charge in [-0.2, -0.15) is 0 Å². The topological polar surface area (TPSA) is 12.0 Å². The van der Waals surface area contributed by atoms with Gasteiger partial charge in [-0.25, -0.2) is 8.78 Å². The number of anilines is 1. The number of hydrogen-bond donors (Lipinski definition) is 1. The highest BCUT2D eigenvalue weighted by molar-refractivity contribution is 5.52. The van der Waals surface area contributed by atoms with Crippen LogP contribution in [0.2, 0.25) is 0 Å². The molecule has 1 saturated carbocycles. The van der Waals surface area contributed by atoms with Gasteiger partial charge in [0.05, 0.1) is 0 Å². The number of rotatable bonds is 3. The van der Waals surface area contributed by atoms with Gasteiger partial charge in [0.2, 0.25) is 0 Å². The molecule has 1 fully saturated rings. The molecule has 2 aromatic carbocycles. The van der Waals surface area contributed by atoms with Crippen molar-refractivity contribution in [3.8, 4) is 0 Å². The van der Waals surface area contributed by atoms with Crippen molar-refractivity contribution >= 4 is 5.69 Å². The molecule has 0 aromatic heterocycles. The maximum Gasteiger partial charge on any atom is 0.128 e. The zero-order valence-corrected chi connectivity index (χ0v) is 11.4. The highest BCUT2D eigenvalue weighted by Crippen LogP contribution is 2.39. The normalized spacial score (nSPS) is 21.4. The zero-order valence-electron chi connectivity index (χ0n) is 11.4. The minimum absolute atomic E-state index is 0.127. The van der Waals surface area contributed by atoms with E-state index in [1.165, 1.54) is 12.1 Å². The summed E-state index contributed by atoms with van der Waals surface area (Å²) in [6.45, 7) is 1.77. The van der Waals surface area contributed by atoms with Crippen molar-refractivity contribution in [2.75, 3.05) is 5.32 Å². The summed E-state index contributed by atoms with van der Waals surface area (Å²) in [5, 5.41) is 3.34. The van der Waals surface area contributed by atoms with Crippen LogP contribution < -0.4 is 5.32 Å². The standard InChI is InChI=1S/C17H17F2N/c1-11-15(18)7-4-8-17(11)20-13-9-12(10-13)14-5-2-3-6-16(14)19/h2-8,12-13,20H,9-10H2,1H3. The van der Waals surface area contributed by atoms with E-state index in [1.807, 2.05) is 18.2 Å². The first kappa shape index (κ1) is 13.1. The summed E-state index contributed by atoms with van der Waals surface area (Å²) in [4.78, 5) is 0. The molecule has 20 heavy (non-hydrogen) atoms. The second-order valence-electron chi connectivity index (χ2n) is 5.44. The van der Waals surface area contributed by atoms with Crippen molar-refractivity contribution in [3.05, 3.63) is 65.2 Å². The van der Waals surface area contributed by atoms with Gasteiger partial charge in [-0.15, -0.1) is 0 Å². The van der Waals surface area contributed by atoms with Crippen LogP contribution >= 0.6 is 0 Å². The van der Waals surface area contributed by atoms with Gasteiger partial charge in [0.25, 0.3) is 0 Å². The summed E-state index contributed by atoms with van der Waals surface area (Å²) < 4.78 is 27.1. The molecule has 1 aliphatic rings. The van der Waals surface area contributed by atoms with Crippen LogP contribution in [0.5, 0.6) is 0 Å². The van der Waals surface area contributed by atoms with E-state index in [-0.39, 0.29) is 17.6 Å². The molecule has 0 heterocycles.